The summed E-state index contributed by atoms with van der Waals surface area (Å²) >= 11 is 0. The van der Waals surface area contributed by atoms with Crippen LogP contribution in [-0.2, 0) is 0 Å². The Labute approximate surface area is 154 Å². The molecule has 1 atom stereocenters. The summed E-state index contributed by atoms with van der Waals surface area (Å²) in [7, 11) is 1.52. The summed E-state index contributed by atoms with van der Waals surface area (Å²) < 4.78 is 5.17. The van der Waals surface area contributed by atoms with Crippen LogP contribution in [0.4, 0.5) is 0 Å². The van der Waals surface area contributed by atoms with E-state index in [1.165, 1.54) is 13.5 Å². The number of phenols is 1. The number of amides is 1. The second-order valence-electron chi connectivity index (χ2n) is 6.60. The highest BCUT2D eigenvalue weighted by atomic mass is 16.5. The van der Waals surface area contributed by atoms with Crippen molar-refractivity contribution in [2.24, 2.45) is 0 Å². The zero-order chi connectivity index (χ0) is 18.5. The lowest BCUT2D eigenvalue weighted by Crippen LogP contribution is -2.40. The first-order valence-corrected chi connectivity index (χ1v) is 9.12. The number of hydrogen-bond acceptors (Lipinski definition) is 4. The van der Waals surface area contributed by atoms with Crippen molar-refractivity contribution in [3.05, 3.63) is 48.0 Å². The Hall–Kier alpha value is -2.53. The van der Waals surface area contributed by atoms with E-state index in [0.29, 0.717) is 23.9 Å². The number of benzene rings is 2. The lowest BCUT2D eigenvalue weighted by atomic mass is 10.0. The van der Waals surface area contributed by atoms with Crippen molar-refractivity contribution >= 4 is 5.91 Å². The second kappa shape index (κ2) is 8.23. The maximum atomic E-state index is 12.6. The summed E-state index contributed by atoms with van der Waals surface area (Å²) in [6.45, 7) is 4.99. The van der Waals surface area contributed by atoms with E-state index in [-0.39, 0.29) is 11.7 Å². The van der Waals surface area contributed by atoms with E-state index in [1.54, 1.807) is 12.1 Å². The smallest absolute Gasteiger partial charge is 0.251 e. The van der Waals surface area contributed by atoms with Gasteiger partial charge in [-0.2, -0.15) is 0 Å². The van der Waals surface area contributed by atoms with E-state index in [2.05, 4.69) is 17.1 Å². The predicted molar refractivity (Wildman–Crippen MR) is 103 cm³/mol. The molecule has 1 aliphatic rings. The highest BCUT2D eigenvalue weighted by Crippen LogP contribution is 2.31. The first-order valence-electron chi connectivity index (χ1n) is 9.12. The molecular formula is C21H26N2O3. The summed E-state index contributed by atoms with van der Waals surface area (Å²) in [5, 5.41) is 12.8. The van der Waals surface area contributed by atoms with Crippen LogP contribution in [-0.4, -0.2) is 48.7 Å². The normalized spacial score (nSPS) is 17.2. The van der Waals surface area contributed by atoms with Crippen LogP contribution in [0.1, 0.15) is 30.1 Å². The third-order valence-corrected chi connectivity index (χ3v) is 5.04. The number of nitrogens with zero attached hydrogens (tertiary/aromatic N) is 1. The van der Waals surface area contributed by atoms with Gasteiger partial charge in [0.1, 0.15) is 0 Å². The number of aromatic hydroxyl groups is 1. The number of rotatable bonds is 6. The Morgan fingerprint density at radius 1 is 1.27 bits per heavy atom. The molecule has 5 heteroatoms. The van der Waals surface area contributed by atoms with Crippen molar-refractivity contribution in [1.29, 1.82) is 0 Å². The summed E-state index contributed by atoms with van der Waals surface area (Å²) in [6.07, 6.45) is 2.34. The lowest BCUT2D eigenvalue weighted by molar-refractivity contribution is 0.0941. The molecule has 1 amide bonds. The van der Waals surface area contributed by atoms with Gasteiger partial charge in [-0.25, -0.2) is 0 Å². The van der Waals surface area contributed by atoms with Crippen molar-refractivity contribution in [2.75, 3.05) is 26.7 Å². The molecule has 0 aliphatic carbocycles. The molecule has 0 unspecified atom stereocenters. The predicted octanol–water partition coefficient (Wildman–Crippen LogP) is 3.28. The first kappa shape index (κ1) is 18.3. The lowest BCUT2D eigenvalue weighted by Gasteiger charge is -2.22. The monoisotopic (exact) mass is 354 g/mol. The van der Waals surface area contributed by atoms with Gasteiger partial charge < -0.3 is 15.2 Å². The molecule has 0 aromatic heterocycles. The number of likely N-dealkylation sites (N-methyl/N-ethyl adjacent to an activating group) is 1. The fraction of sp³-hybridized carbons (Fsp3) is 0.381. The molecule has 1 heterocycles. The molecule has 5 nitrogen and oxygen atoms in total. The third-order valence-electron chi connectivity index (χ3n) is 5.04. The number of nitrogens with one attached hydrogen (secondary N) is 1. The van der Waals surface area contributed by atoms with Crippen molar-refractivity contribution in [1.82, 2.24) is 10.2 Å². The Kier molecular flexibility index (Phi) is 5.78. The van der Waals surface area contributed by atoms with Gasteiger partial charge in [-0.05, 0) is 61.3 Å². The number of ether oxygens (including phenoxy) is 1. The Morgan fingerprint density at radius 3 is 2.85 bits per heavy atom. The van der Waals surface area contributed by atoms with Crippen LogP contribution < -0.4 is 10.1 Å². The zero-order valence-corrected chi connectivity index (χ0v) is 15.4. The van der Waals surface area contributed by atoms with Gasteiger partial charge in [0.25, 0.3) is 5.91 Å². The molecule has 138 valence electrons. The zero-order valence-electron chi connectivity index (χ0n) is 15.4. The van der Waals surface area contributed by atoms with E-state index in [4.69, 9.17) is 4.74 Å². The van der Waals surface area contributed by atoms with Crippen LogP contribution in [0, 0.1) is 0 Å². The van der Waals surface area contributed by atoms with Crippen molar-refractivity contribution in [3.8, 4) is 22.6 Å². The number of carbonyl (C=O) groups excluding carboxylic acids is 1. The first-order chi connectivity index (χ1) is 12.6. The molecule has 1 aliphatic heterocycles. The summed E-state index contributed by atoms with van der Waals surface area (Å²) in [5.74, 6) is 0.459. The fourth-order valence-electron chi connectivity index (χ4n) is 3.55. The number of phenolic OH excluding ortho intramolecular Hbond substituents is 1. The molecule has 1 fully saturated rings. The van der Waals surface area contributed by atoms with Gasteiger partial charge in [-0.3, -0.25) is 9.69 Å². The molecule has 3 rings (SSSR count). The maximum Gasteiger partial charge on any atom is 0.251 e. The summed E-state index contributed by atoms with van der Waals surface area (Å²) in [6, 6.07) is 13.1. The van der Waals surface area contributed by atoms with Crippen LogP contribution in [0.5, 0.6) is 11.5 Å². The summed E-state index contributed by atoms with van der Waals surface area (Å²) in [4.78, 5) is 15.0. The van der Waals surface area contributed by atoms with E-state index < -0.39 is 0 Å². The standard InChI is InChI=1S/C21H26N2O3/c1-3-23-11-5-8-18(23)14-22-21(25)17-7-4-6-15(12-17)16-9-10-19(24)20(13-16)26-2/h4,6-7,9-10,12-13,18,24H,3,5,8,11,14H2,1-2H3,(H,22,25)/t18-/m0/s1. The second-order valence-corrected chi connectivity index (χ2v) is 6.60. The molecule has 2 aromatic carbocycles. The number of hydrogen-bond donors (Lipinski definition) is 2. The van der Waals surface area contributed by atoms with Crippen LogP contribution in [0.25, 0.3) is 11.1 Å². The number of carbonyl (C=O) groups is 1. The quantitative estimate of drug-likeness (QED) is 0.836. The highest BCUT2D eigenvalue weighted by molar-refractivity contribution is 5.95. The van der Waals surface area contributed by atoms with Crippen LogP contribution in [0.2, 0.25) is 0 Å². The van der Waals surface area contributed by atoms with Gasteiger partial charge in [0, 0.05) is 18.2 Å². The largest absolute Gasteiger partial charge is 0.504 e. The van der Waals surface area contributed by atoms with Crippen molar-refractivity contribution in [3.63, 3.8) is 0 Å². The molecule has 26 heavy (non-hydrogen) atoms. The number of methoxy groups -OCH3 is 1. The maximum absolute atomic E-state index is 12.6. The molecule has 2 N–H and O–H groups in total. The number of likely N-dealkylation sites (tertiary alicyclic amines) is 1. The minimum absolute atomic E-state index is 0.0550. The van der Waals surface area contributed by atoms with Gasteiger partial charge in [-0.15, -0.1) is 0 Å². The average molecular weight is 354 g/mol. The minimum Gasteiger partial charge on any atom is -0.504 e. The highest BCUT2D eigenvalue weighted by Gasteiger charge is 2.23. The molecule has 0 saturated carbocycles. The van der Waals surface area contributed by atoms with Crippen LogP contribution in [0.3, 0.4) is 0 Å². The van der Waals surface area contributed by atoms with Gasteiger partial charge in [-0.1, -0.05) is 25.1 Å². The molecular weight excluding hydrogens is 328 g/mol. The van der Waals surface area contributed by atoms with E-state index in [0.717, 1.165) is 30.6 Å². The van der Waals surface area contributed by atoms with E-state index in [1.807, 2.05) is 30.3 Å². The van der Waals surface area contributed by atoms with E-state index >= 15 is 0 Å². The SMILES string of the molecule is CCN1CCC[C@H]1CNC(=O)c1cccc(-c2ccc(O)c(OC)c2)c1. The van der Waals surface area contributed by atoms with Gasteiger partial charge in [0.05, 0.1) is 7.11 Å². The van der Waals surface area contributed by atoms with Crippen molar-refractivity contribution < 1.29 is 14.6 Å². The Bertz CT molecular complexity index is 776. The fourth-order valence-corrected chi connectivity index (χ4v) is 3.55. The molecule has 0 radical (unpaired) electrons. The Morgan fingerprint density at radius 2 is 2.08 bits per heavy atom. The van der Waals surface area contributed by atoms with Crippen LogP contribution >= 0.6 is 0 Å². The average Bonchev–Trinajstić information content (AvgIpc) is 3.14. The third kappa shape index (κ3) is 3.99. The van der Waals surface area contributed by atoms with Crippen LogP contribution in [0.15, 0.2) is 42.5 Å². The topological polar surface area (TPSA) is 61.8 Å². The Balaban J connectivity index is 1.71. The van der Waals surface area contributed by atoms with Gasteiger partial charge >= 0.3 is 0 Å². The van der Waals surface area contributed by atoms with Gasteiger partial charge in [0.2, 0.25) is 0 Å². The minimum atomic E-state index is -0.0550. The molecule has 0 spiro atoms. The molecule has 1 saturated heterocycles. The molecule has 0 bridgehead atoms. The van der Waals surface area contributed by atoms with Crippen molar-refractivity contribution in [2.45, 2.75) is 25.8 Å². The van der Waals surface area contributed by atoms with Gasteiger partial charge in [0.15, 0.2) is 11.5 Å². The van der Waals surface area contributed by atoms with E-state index in [9.17, 15) is 9.90 Å². The molecule has 2 aromatic rings. The summed E-state index contributed by atoms with van der Waals surface area (Å²) in [5.41, 5.74) is 2.44.